The van der Waals surface area contributed by atoms with Gasteiger partial charge in [-0.2, -0.15) is 0 Å². The van der Waals surface area contributed by atoms with E-state index < -0.39 is 0 Å². The fourth-order valence-corrected chi connectivity index (χ4v) is 4.48. The standard InChI is InChI=1S/C22H31N5O/c1-25-20(17-26-13-5-6-14-26)23-24-22(25)19-10-7-15-27(16-19)21(28)12-11-18-8-3-2-4-9-18/h2-4,8-9,19H,5-7,10-17H2,1H3/t19-/m0/s1. The number of hydrogen-bond donors (Lipinski definition) is 0. The van der Waals surface area contributed by atoms with Crippen LogP contribution >= 0.6 is 0 Å². The van der Waals surface area contributed by atoms with Gasteiger partial charge in [-0.1, -0.05) is 30.3 Å². The van der Waals surface area contributed by atoms with Crippen molar-refractivity contribution in [2.75, 3.05) is 26.2 Å². The topological polar surface area (TPSA) is 54.3 Å². The highest BCUT2D eigenvalue weighted by Gasteiger charge is 2.28. The second-order valence-corrected chi connectivity index (χ2v) is 8.18. The van der Waals surface area contributed by atoms with Gasteiger partial charge in [-0.15, -0.1) is 10.2 Å². The summed E-state index contributed by atoms with van der Waals surface area (Å²) in [7, 11) is 2.08. The average molecular weight is 382 g/mol. The van der Waals surface area contributed by atoms with Gasteiger partial charge in [0.1, 0.15) is 11.6 Å². The van der Waals surface area contributed by atoms with Crippen molar-refractivity contribution in [3.05, 3.63) is 47.5 Å². The molecule has 0 spiro atoms. The highest BCUT2D eigenvalue weighted by atomic mass is 16.2. The quantitative estimate of drug-likeness (QED) is 0.772. The Labute approximate surface area is 167 Å². The summed E-state index contributed by atoms with van der Waals surface area (Å²) in [4.78, 5) is 17.2. The molecule has 1 amide bonds. The Morgan fingerprint density at radius 3 is 2.64 bits per heavy atom. The van der Waals surface area contributed by atoms with Gasteiger partial charge in [-0.3, -0.25) is 9.69 Å². The van der Waals surface area contributed by atoms with Gasteiger partial charge >= 0.3 is 0 Å². The number of piperidine rings is 1. The molecule has 0 bridgehead atoms. The third-order valence-electron chi connectivity index (χ3n) is 6.17. The van der Waals surface area contributed by atoms with Crippen LogP contribution in [-0.2, 0) is 24.8 Å². The molecule has 2 aromatic rings. The van der Waals surface area contributed by atoms with Gasteiger partial charge in [-0.25, -0.2) is 0 Å². The Balaban J connectivity index is 1.35. The van der Waals surface area contributed by atoms with Crippen LogP contribution in [0.15, 0.2) is 30.3 Å². The molecule has 6 heteroatoms. The molecule has 1 atom stereocenters. The van der Waals surface area contributed by atoms with Crippen LogP contribution < -0.4 is 0 Å². The zero-order valence-corrected chi connectivity index (χ0v) is 16.9. The van der Waals surface area contributed by atoms with Crippen LogP contribution in [0.5, 0.6) is 0 Å². The van der Waals surface area contributed by atoms with E-state index in [9.17, 15) is 4.79 Å². The highest BCUT2D eigenvalue weighted by molar-refractivity contribution is 5.76. The summed E-state index contributed by atoms with van der Waals surface area (Å²) in [5.41, 5.74) is 1.23. The zero-order valence-electron chi connectivity index (χ0n) is 16.9. The smallest absolute Gasteiger partial charge is 0.222 e. The molecule has 0 N–H and O–H groups in total. The minimum Gasteiger partial charge on any atom is -0.342 e. The van der Waals surface area contributed by atoms with E-state index in [2.05, 4.69) is 38.8 Å². The maximum Gasteiger partial charge on any atom is 0.222 e. The van der Waals surface area contributed by atoms with Gasteiger partial charge < -0.3 is 9.47 Å². The Bertz CT molecular complexity index is 781. The molecule has 2 aliphatic rings. The lowest BCUT2D eigenvalue weighted by Gasteiger charge is -2.32. The first-order valence-corrected chi connectivity index (χ1v) is 10.6. The van der Waals surface area contributed by atoms with Crippen molar-refractivity contribution in [3.8, 4) is 0 Å². The van der Waals surface area contributed by atoms with Crippen molar-refractivity contribution < 1.29 is 4.79 Å². The van der Waals surface area contributed by atoms with E-state index in [1.807, 2.05) is 23.1 Å². The predicted molar refractivity (Wildman–Crippen MR) is 109 cm³/mol. The van der Waals surface area contributed by atoms with Gasteiger partial charge in [0.15, 0.2) is 0 Å². The number of rotatable bonds is 6. The van der Waals surface area contributed by atoms with Crippen LogP contribution in [0.2, 0.25) is 0 Å². The third-order valence-corrected chi connectivity index (χ3v) is 6.17. The van der Waals surface area contributed by atoms with Crippen molar-refractivity contribution in [3.63, 3.8) is 0 Å². The van der Waals surface area contributed by atoms with E-state index in [-0.39, 0.29) is 5.91 Å². The number of likely N-dealkylation sites (tertiary alicyclic amines) is 2. The zero-order chi connectivity index (χ0) is 19.3. The van der Waals surface area contributed by atoms with Gasteiger partial charge in [0.25, 0.3) is 0 Å². The van der Waals surface area contributed by atoms with E-state index in [0.29, 0.717) is 12.3 Å². The van der Waals surface area contributed by atoms with Gasteiger partial charge in [0, 0.05) is 32.5 Å². The first-order chi connectivity index (χ1) is 13.7. The first kappa shape index (κ1) is 19.1. The van der Waals surface area contributed by atoms with E-state index >= 15 is 0 Å². The maximum absolute atomic E-state index is 12.7. The Morgan fingerprint density at radius 2 is 1.86 bits per heavy atom. The lowest BCUT2D eigenvalue weighted by Crippen LogP contribution is -2.39. The molecular weight excluding hydrogens is 350 g/mol. The molecule has 2 aliphatic heterocycles. The minimum atomic E-state index is 0.257. The molecule has 4 rings (SSSR count). The van der Waals surface area contributed by atoms with Crippen molar-refractivity contribution >= 4 is 5.91 Å². The van der Waals surface area contributed by atoms with E-state index in [0.717, 1.165) is 63.6 Å². The lowest BCUT2D eigenvalue weighted by molar-refractivity contribution is -0.132. The predicted octanol–water partition coefficient (Wildman–Crippen LogP) is 2.75. The Hall–Kier alpha value is -2.21. The van der Waals surface area contributed by atoms with Gasteiger partial charge in [0.05, 0.1) is 6.54 Å². The number of carbonyl (C=O) groups excluding carboxylic acids is 1. The molecule has 2 fully saturated rings. The summed E-state index contributed by atoms with van der Waals surface area (Å²) in [6.45, 7) is 4.84. The second-order valence-electron chi connectivity index (χ2n) is 8.18. The molecule has 0 saturated carbocycles. The van der Waals surface area contributed by atoms with Crippen molar-refractivity contribution in [1.29, 1.82) is 0 Å². The SMILES string of the molecule is Cn1c(CN2CCCC2)nnc1[C@H]1CCCN(C(=O)CCc2ccccc2)C1. The second kappa shape index (κ2) is 8.86. The van der Waals surface area contributed by atoms with Crippen molar-refractivity contribution in [2.24, 2.45) is 7.05 Å². The van der Waals surface area contributed by atoms with E-state index in [4.69, 9.17) is 0 Å². The molecule has 3 heterocycles. The maximum atomic E-state index is 12.7. The summed E-state index contributed by atoms with van der Waals surface area (Å²) < 4.78 is 2.17. The molecule has 150 valence electrons. The van der Waals surface area contributed by atoms with Crippen LogP contribution in [-0.4, -0.2) is 56.7 Å². The first-order valence-electron chi connectivity index (χ1n) is 10.6. The van der Waals surface area contributed by atoms with E-state index in [1.54, 1.807) is 0 Å². The number of amides is 1. The number of aryl methyl sites for hydroxylation is 1. The normalized spacial score (nSPS) is 20.6. The number of aromatic nitrogens is 3. The molecular formula is C22H31N5O. The molecule has 1 aromatic carbocycles. The molecule has 0 aliphatic carbocycles. The van der Waals surface area contributed by atoms with Crippen LogP contribution in [0.4, 0.5) is 0 Å². The molecule has 1 aromatic heterocycles. The number of carbonyl (C=O) groups is 1. The number of nitrogens with zero attached hydrogens (tertiary/aromatic N) is 5. The van der Waals surface area contributed by atoms with Crippen LogP contribution in [0.1, 0.15) is 55.2 Å². The molecule has 2 saturated heterocycles. The van der Waals surface area contributed by atoms with Crippen LogP contribution in [0.3, 0.4) is 0 Å². The number of hydrogen-bond acceptors (Lipinski definition) is 4. The largest absolute Gasteiger partial charge is 0.342 e. The summed E-state index contributed by atoms with van der Waals surface area (Å²) in [5, 5.41) is 8.99. The summed E-state index contributed by atoms with van der Waals surface area (Å²) in [6.07, 6.45) is 6.08. The molecule has 28 heavy (non-hydrogen) atoms. The van der Waals surface area contributed by atoms with Crippen molar-refractivity contribution in [2.45, 2.75) is 51.0 Å². The Kier molecular flexibility index (Phi) is 6.05. The van der Waals surface area contributed by atoms with Gasteiger partial charge in [-0.05, 0) is 50.8 Å². The highest BCUT2D eigenvalue weighted by Crippen LogP contribution is 2.26. The van der Waals surface area contributed by atoms with Crippen LogP contribution in [0, 0.1) is 0 Å². The van der Waals surface area contributed by atoms with Gasteiger partial charge in [0.2, 0.25) is 5.91 Å². The monoisotopic (exact) mass is 381 g/mol. The Morgan fingerprint density at radius 1 is 1.07 bits per heavy atom. The molecule has 6 nitrogen and oxygen atoms in total. The number of benzene rings is 1. The molecule has 0 unspecified atom stereocenters. The minimum absolute atomic E-state index is 0.257. The summed E-state index contributed by atoms with van der Waals surface area (Å²) >= 11 is 0. The fraction of sp³-hybridized carbons (Fsp3) is 0.591. The van der Waals surface area contributed by atoms with Crippen molar-refractivity contribution in [1.82, 2.24) is 24.6 Å². The van der Waals surface area contributed by atoms with E-state index in [1.165, 1.54) is 18.4 Å². The third kappa shape index (κ3) is 4.43. The average Bonchev–Trinajstić information content (AvgIpc) is 3.38. The lowest BCUT2D eigenvalue weighted by atomic mass is 9.96. The summed E-state index contributed by atoms with van der Waals surface area (Å²) in [5.74, 6) is 2.63. The summed E-state index contributed by atoms with van der Waals surface area (Å²) in [6, 6.07) is 10.3. The van der Waals surface area contributed by atoms with Crippen LogP contribution in [0.25, 0.3) is 0 Å². The molecule has 0 radical (unpaired) electrons. The fourth-order valence-electron chi connectivity index (χ4n) is 4.48.